The second-order valence-corrected chi connectivity index (χ2v) is 5.25. The van der Waals surface area contributed by atoms with Gasteiger partial charge in [-0.2, -0.15) is 4.98 Å². The van der Waals surface area contributed by atoms with Crippen LogP contribution >= 0.6 is 0 Å². The zero-order valence-electron chi connectivity index (χ0n) is 11.3. The number of ether oxygens (including phenoxy) is 1. The summed E-state index contributed by atoms with van der Waals surface area (Å²) < 4.78 is 10.3. The minimum absolute atomic E-state index is 0.0738. The number of aromatic nitrogens is 2. The minimum atomic E-state index is -0.0738. The van der Waals surface area contributed by atoms with Crippen molar-refractivity contribution in [2.75, 3.05) is 13.7 Å². The molecule has 0 aliphatic heterocycles. The van der Waals surface area contributed by atoms with Gasteiger partial charge in [0.2, 0.25) is 5.89 Å². The molecule has 1 fully saturated rings. The lowest BCUT2D eigenvalue weighted by Crippen LogP contribution is -2.28. The van der Waals surface area contributed by atoms with Gasteiger partial charge in [-0.3, -0.25) is 0 Å². The van der Waals surface area contributed by atoms with E-state index < -0.39 is 0 Å². The lowest BCUT2D eigenvalue weighted by Gasteiger charge is -2.06. The van der Waals surface area contributed by atoms with Gasteiger partial charge in [0.1, 0.15) is 0 Å². The molecule has 0 spiro atoms. The number of hydrogen-bond donors (Lipinski definition) is 1. The molecule has 5 heteroatoms. The first-order valence-electron chi connectivity index (χ1n) is 6.79. The van der Waals surface area contributed by atoms with Gasteiger partial charge in [0.05, 0.1) is 6.61 Å². The normalized spacial score (nSPS) is 25.5. The average Bonchev–Trinajstić information content (AvgIpc) is 2.96. The summed E-state index contributed by atoms with van der Waals surface area (Å²) in [5.41, 5.74) is 5.87. The van der Waals surface area contributed by atoms with E-state index >= 15 is 0 Å². The summed E-state index contributed by atoms with van der Waals surface area (Å²) in [5, 5.41) is 4.10. The van der Waals surface area contributed by atoms with Crippen LogP contribution in [0.5, 0.6) is 0 Å². The highest BCUT2D eigenvalue weighted by Crippen LogP contribution is 2.38. The fourth-order valence-electron chi connectivity index (χ4n) is 2.69. The van der Waals surface area contributed by atoms with Gasteiger partial charge < -0.3 is 15.0 Å². The van der Waals surface area contributed by atoms with Crippen molar-refractivity contribution in [3.63, 3.8) is 0 Å². The quantitative estimate of drug-likeness (QED) is 0.837. The maximum Gasteiger partial charge on any atom is 0.228 e. The van der Waals surface area contributed by atoms with Crippen LogP contribution in [-0.4, -0.2) is 29.9 Å². The van der Waals surface area contributed by atoms with E-state index in [2.05, 4.69) is 17.1 Å². The Morgan fingerprint density at radius 2 is 2.33 bits per heavy atom. The Morgan fingerprint density at radius 3 is 3.00 bits per heavy atom. The summed E-state index contributed by atoms with van der Waals surface area (Å²) in [6, 6.07) is -0.0738. The Morgan fingerprint density at radius 1 is 1.50 bits per heavy atom. The fraction of sp³-hybridized carbons (Fsp3) is 0.846. The van der Waals surface area contributed by atoms with Gasteiger partial charge in [0.15, 0.2) is 5.82 Å². The summed E-state index contributed by atoms with van der Waals surface area (Å²) >= 11 is 0. The van der Waals surface area contributed by atoms with Gasteiger partial charge in [-0.1, -0.05) is 18.5 Å². The Balaban J connectivity index is 1.90. The van der Waals surface area contributed by atoms with Crippen molar-refractivity contribution in [1.29, 1.82) is 0 Å². The third-order valence-corrected chi connectivity index (χ3v) is 3.79. The molecule has 0 saturated heterocycles. The largest absolute Gasteiger partial charge is 0.383 e. The molecule has 0 amide bonds. The molecule has 1 aliphatic rings. The van der Waals surface area contributed by atoms with Crippen LogP contribution < -0.4 is 5.73 Å². The third-order valence-electron chi connectivity index (χ3n) is 3.79. The Bertz CT molecular complexity index is 367. The van der Waals surface area contributed by atoms with Crippen LogP contribution in [0.3, 0.4) is 0 Å². The number of nitrogens with two attached hydrogens (primary N) is 1. The maximum absolute atomic E-state index is 5.87. The number of methoxy groups -OCH3 is 1. The van der Waals surface area contributed by atoms with Crippen molar-refractivity contribution in [1.82, 2.24) is 10.1 Å². The monoisotopic (exact) mass is 253 g/mol. The highest BCUT2D eigenvalue weighted by atomic mass is 16.5. The molecular formula is C13H23N3O2. The number of hydrogen-bond acceptors (Lipinski definition) is 5. The molecule has 1 aromatic rings. The van der Waals surface area contributed by atoms with Crippen LogP contribution in [0.25, 0.3) is 0 Å². The van der Waals surface area contributed by atoms with Gasteiger partial charge >= 0.3 is 0 Å². The zero-order chi connectivity index (χ0) is 13.0. The molecule has 2 N–H and O–H groups in total. The van der Waals surface area contributed by atoms with Crippen molar-refractivity contribution in [2.45, 2.75) is 51.0 Å². The van der Waals surface area contributed by atoms with Crippen molar-refractivity contribution >= 4 is 0 Å². The molecule has 3 unspecified atom stereocenters. The van der Waals surface area contributed by atoms with Crippen molar-refractivity contribution < 1.29 is 9.26 Å². The first-order valence-corrected chi connectivity index (χ1v) is 6.79. The first kappa shape index (κ1) is 13.5. The topological polar surface area (TPSA) is 74.2 Å². The second kappa shape index (κ2) is 6.29. The molecule has 18 heavy (non-hydrogen) atoms. The smallest absolute Gasteiger partial charge is 0.228 e. The molecule has 1 aromatic heterocycles. The van der Waals surface area contributed by atoms with Crippen LogP contribution in [0.4, 0.5) is 0 Å². The lowest BCUT2D eigenvalue weighted by atomic mass is 10.0. The van der Waals surface area contributed by atoms with Gasteiger partial charge in [-0.15, -0.1) is 0 Å². The fourth-order valence-corrected chi connectivity index (χ4v) is 2.69. The molecule has 0 radical (unpaired) electrons. The molecule has 102 valence electrons. The van der Waals surface area contributed by atoms with Crippen molar-refractivity contribution in [3.8, 4) is 0 Å². The number of rotatable bonds is 6. The number of nitrogens with zero attached hydrogens (tertiary/aromatic N) is 2. The van der Waals surface area contributed by atoms with E-state index in [1.54, 1.807) is 7.11 Å². The summed E-state index contributed by atoms with van der Waals surface area (Å²) in [6.07, 6.45) is 5.50. The van der Waals surface area contributed by atoms with E-state index in [1.807, 2.05) is 0 Å². The summed E-state index contributed by atoms with van der Waals surface area (Å²) in [4.78, 5) is 4.47. The summed E-state index contributed by atoms with van der Waals surface area (Å²) in [7, 11) is 1.64. The van der Waals surface area contributed by atoms with Crippen molar-refractivity contribution in [3.05, 3.63) is 11.7 Å². The molecule has 3 atom stereocenters. The summed E-state index contributed by atoms with van der Waals surface area (Å²) in [5.74, 6) is 2.80. The molecule has 1 saturated carbocycles. The van der Waals surface area contributed by atoms with Crippen LogP contribution in [0.15, 0.2) is 4.52 Å². The van der Waals surface area contributed by atoms with Gasteiger partial charge in [-0.05, 0) is 25.2 Å². The van der Waals surface area contributed by atoms with Crippen LogP contribution in [0, 0.1) is 5.92 Å². The molecule has 2 rings (SSSR count). The molecule has 1 aliphatic carbocycles. The van der Waals surface area contributed by atoms with Gasteiger partial charge in [0, 0.05) is 25.5 Å². The van der Waals surface area contributed by atoms with E-state index in [0.717, 1.165) is 11.7 Å². The summed E-state index contributed by atoms with van der Waals surface area (Å²) in [6.45, 7) is 2.76. The minimum Gasteiger partial charge on any atom is -0.383 e. The zero-order valence-corrected chi connectivity index (χ0v) is 11.3. The van der Waals surface area contributed by atoms with Crippen LogP contribution in [-0.2, 0) is 11.2 Å². The predicted octanol–water partition coefficient (Wildman–Crippen LogP) is 1.88. The van der Waals surface area contributed by atoms with Gasteiger partial charge in [-0.25, -0.2) is 0 Å². The second-order valence-electron chi connectivity index (χ2n) is 5.25. The molecule has 0 aromatic carbocycles. The Hall–Kier alpha value is -0.940. The average molecular weight is 253 g/mol. The molecular weight excluding hydrogens is 230 g/mol. The maximum atomic E-state index is 5.87. The highest BCUT2D eigenvalue weighted by Gasteiger charge is 2.28. The third kappa shape index (κ3) is 3.29. The standard InChI is InChI=1S/C13H23N3O2/c1-3-9-4-5-10(6-9)13-15-12(18-16-13)7-11(14)8-17-2/h9-11H,3-8,14H2,1-2H3. The van der Waals surface area contributed by atoms with E-state index in [9.17, 15) is 0 Å². The SMILES string of the molecule is CCC1CCC(c2noc(CC(N)COC)n2)C1. The lowest BCUT2D eigenvalue weighted by molar-refractivity contribution is 0.176. The van der Waals surface area contributed by atoms with E-state index in [4.69, 9.17) is 15.0 Å². The molecule has 5 nitrogen and oxygen atoms in total. The van der Waals surface area contributed by atoms with Crippen molar-refractivity contribution in [2.24, 2.45) is 11.7 Å². The molecule has 0 bridgehead atoms. The molecule has 1 heterocycles. The Kier molecular flexibility index (Phi) is 4.72. The highest BCUT2D eigenvalue weighted by molar-refractivity contribution is 5.00. The van der Waals surface area contributed by atoms with Gasteiger partial charge in [0.25, 0.3) is 0 Å². The van der Waals surface area contributed by atoms with E-state index in [-0.39, 0.29) is 6.04 Å². The van der Waals surface area contributed by atoms with Crippen LogP contribution in [0.2, 0.25) is 0 Å². The van der Waals surface area contributed by atoms with E-state index in [1.165, 1.54) is 25.7 Å². The first-order chi connectivity index (χ1) is 8.72. The predicted molar refractivity (Wildman–Crippen MR) is 68.2 cm³/mol. The van der Waals surface area contributed by atoms with Crippen LogP contribution in [0.1, 0.15) is 50.2 Å². The Labute approximate surface area is 108 Å². The van der Waals surface area contributed by atoms with E-state index in [0.29, 0.717) is 24.8 Å².